The van der Waals surface area contributed by atoms with Gasteiger partial charge in [-0.05, 0) is 0 Å². The van der Waals surface area contributed by atoms with Crippen LogP contribution in [0.15, 0.2) is 17.4 Å². The number of nitrogens with zero attached hydrogens (tertiary/aromatic N) is 4. The lowest BCUT2D eigenvalue weighted by atomic mass is 10.1. The Labute approximate surface area is 134 Å². The second-order valence-electron chi connectivity index (χ2n) is 5.32. The van der Waals surface area contributed by atoms with E-state index in [1.807, 2.05) is 0 Å². The van der Waals surface area contributed by atoms with Crippen LogP contribution in [0.2, 0.25) is 0 Å². The number of ether oxygens (including phenoxy) is 1. The van der Waals surface area contributed by atoms with Crippen LogP contribution >= 0.6 is 7.82 Å². The Kier molecular flexibility index (Phi) is 4.30. The van der Waals surface area contributed by atoms with Gasteiger partial charge in [0.1, 0.15) is 18.3 Å². The third kappa shape index (κ3) is 3.00. The van der Waals surface area contributed by atoms with E-state index in [1.165, 1.54) is 28.8 Å². The van der Waals surface area contributed by atoms with Gasteiger partial charge < -0.3 is 29.3 Å². The summed E-state index contributed by atoms with van der Waals surface area (Å²) in [6.45, 7) is -0.624. The molecular weight excluding hydrogens is 347 g/mol. The van der Waals surface area contributed by atoms with Crippen LogP contribution in [0.4, 0.5) is 0 Å². The first-order chi connectivity index (χ1) is 11.2. The van der Waals surface area contributed by atoms with Crippen molar-refractivity contribution in [1.82, 2.24) is 19.1 Å². The van der Waals surface area contributed by atoms with Crippen LogP contribution in [0.25, 0.3) is 11.2 Å². The van der Waals surface area contributed by atoms with Crippen molar-refractivity contribution in [2.75, 3.05) is 6.61 Å². The van der Waals surface area contributed by atoms with Gasteiger partial charge in [0.2, 0.25) is 0 Å². The second-order valence-corrected chi connectivity index (χ2v) is 6.56. The number of aliphatic hydroxyl groups is 2. The van der Waals surface area contributed by atoms with Gasteiger partial charge in [-0.25, -0.2) is 14.5 Å². The Bertz CT molecular complexity index is 859. The van der Waals surface area contributed by atoms with Crippen LogP contribution in [0.5, 0.6) is 0 Å². The van der Waals surface area contributed by atoms with E-state index in [0.29, 0.717) is 0 Å². The minimum Gasteiger partial charge on any atom is -0.387 e. The molecule has 4 atom stereocenters. The monoisotopic (exact) mass is 362 g/mol. The molecule has 2 aromatic heterocycles. The van der Waals surface area contributed by atoms with Crippen molar-refractivity contribution in [3.8, 4) is 0 Å². The SMILES string of the molecule is Cn1cnc2c(ncn2[C@@H]2O[C@H](COP(=O)(O)O)[C@@H](O)[C@H]2O)c1=O. The molecule has 0 spiro atoms. The largest absolute Gasteiger partial charge is 0.469 e. The normalized spacial score (nSPS) is 27.9. The predicted molar refractivity (Wildman–Crippen MR) is 76.7 cm³/mol. The highest BCUT2D eigenvalue weighted by Gasteiger charge is 2.45. The van der Waals surface area contributed by atoms with Gasteiger partial charge in [-0.1, -0.05) is 0 Å². The van der Waals surface area contributed by atoms with Gasteiger partial charge in [-0.3, -0.25) is 13.9 Å². The van der Waals surface area contributed by atoms with E-state index in [-0.39, 0.29) is 11.2 Å². The Morgan fingerprint density at radius 1 is 1.29 bits per heavy atom. The van der Waals surface area contributed by atoms with Crippen LogP contribution in [0.1, 0.15) is 6.23 Å². The molecule has 0 aromatic carbocycles. The molecule has 0 bridgehead atoms. The summed E-state index contributed by atoms with van der Waals surface area (Å²) in [4.78, 5) is 37.4. The minimum absolute atomic E-state index is 0.0557. The van der Waals surface area contributed by atoms with E-state index >= 15 is 0 Å². The molecule has 12 nitrogen and oxygen atoms in total. The number of aryl methyl sites for hydroxylation is 1. The molecule has 1 saturated heterocycles. The Hall–Kier alpha value is -1.66. The molecular formula is C11H15N4O8P. The molecule has 0 radical (unpaired) electrons. The maximum absolute atomic E-state index is 12.0. The van der Waals surface area contributed by atoms with Gasteiger partial charge in [-0.15, -0.1) is 0 Å². The molecule has 1 fully saturated rings. The highest BCUT2D eigenvalue weighted by Crippen LogP contribution is 2.38. The Morgan fingerprint density at radius 2 is 2.00 bits per heavy atom. The summed E-state index contributed by atoms with van der Waals surface area (Å²) in [6.07, 6.45) is -2.71. The molecule has 2 aromatic rings. The van der Waals surface area contributed by atoms with E-state index in [4.69, 9.17) is 14.5 Å². The Balaban J connectivity index is 1.89. The molecule has 3 heterocycles. The first-order valence-electron chi connectivity index (χ1n) is 6.79. The molecule has 24 heavy (non-hydrogen) atoms. The van der Waals surface area contributed by atoms with Crippen molar-refractivity contribution in [3.05, 3.63) is 23.0 Å². The third-order valence-electron chi connectivity index (χ3n) is 3.66. The molecule has 0 aliphatic carbocycles. The van der Waals surface area contributed by atoms with E-state index in [0.717, 1.165) is 0 Å². The van der Waals surface area contributed by atoms with Gasteiger partial charge in [0.05, 0.1) is 19.3 Å². The maximum Gasteiger partial charge on any atom is 0.469 e. The zero-order valence-corrected chi connectivity index (χ0v) is 13.2. The molecule has 13 heteroatoms. The molecule has 4 N–H and O–H groups in total. The van der Waals surface area contributed by atoms with Gasteiger partial charge in [0.25, 0.3) is 5.56 Å². The van der Waals surface area contributed by atoms with Crippen LogP contribution in [0, 0.1) is 0 Å². The first-order valence-corrected chi connectivity index (χ1v) is 8.32. The van der Waals surface area contributed by atoms with E-state index in [2.05, 4.69) is 14.5 Å². The number of hydrogen-bond donors (Lipinski definition) is 4. The zero-order chi connectivity index (χ0) is 17.6. The molecule has 132 valence electrons. The first kappa shape index (κ1) is 17.2. The molecule has 1 aliphatic heterocycles. The lowest BCUT2D eigenvalue weighted by Crippen LogP contribution is -2.33. The smallest absolute Gasteiger partial charge is 0.387 e. The third-order valence-corrected chi connectivity index (χ3v) is 4.15. The molecule has 0 unspecified atom stereocenters. The number of aliphatic hydroxyl groups excluding tert-OH is 2. The van der Waals surface area contributed by atoms with Crippen molar-refractivity contribution in [2.45, 2.75) is 24.5 Å². The number of aromatic nitrogens is 4. The molecule has 0 amide bonds. The van der Waals surface area contributed by atoms with Gasteiger partial charge in [0, 0.05) is 7.05 Å². The van der Waals surface area contributed by atoms with Crippen LogP contribution in [-0.4, -0.2) is 64.0 Å². The van der Waals surface area contributed by atoms with Gasteiger partial charge >= 0.3 is 7.82 Å². The topological polar surface area (TPSA) is 169 Å². The van der Waals surface area contributed by atoms with Gasteiger partial charge in [-0.2, -0.15) is 0 Å². The number of hydrogen-bond acceptors (Lipinski definition) is 8. The fourth-order valence-electron chi connectivity index (χ4n) is 2.45. The fourth-order valence-corrected chi connectivity index (χ4v) is 2.79. The van der Waals surface area contributed by atoms with Crippen molar-refractivity contribution in [2.24, 2.45) is 7.05 Å². The molecule has 0 saturated carbocycles. The predicted octanol–water partition coefficient (Wildman–Crippen LogP) is -2.14. The zero-order valence-electron chi connectivity index (χ0n) is 12.3. The van der Waals surface area contributed by atoms with Crippen LogP contribution in [-0.2, 0) is 20.9 Å². The summed E-state index contributed by atoms with van der Waals surface area (Å²) in [7, 11) is -3.24. The van der Waals surface area contributed by atoms with Crippen LogP contribution < -0.4 is 5.56 Å². The highest BCUT2D eigenvalue weighted by molar-refractivity contribution is 7.46. The summed E-state index contributed by atoms with van der Waals surface area (Å²) in [5.74, 6) is 0. The minimum atomic E-state index is -4.74. The second kappa shape index (κ2) is 6.01. The van der Waals surface area contributed by atoms with E-state index < -0.39 is 44.5 Å². The lowest BCUT2D eigenvalue weighted by Gasteiger charge is -2.16. The van der Waals surface area contributed by atoms with Crippen molar-refractivity contribution in [3.63, 3.8) is 0 Å². The summed E-state index contributed by atoms with van der Waals surface area (Å²) < 4.78 is 22.9. The summed E-state index contributed by atoms with van der Waals surface area (Å²) in [6, 6.07) is 0. The van der Waals surface area contributed by atoms with Crippen molar-refractivity contribution >= 4 is 19.0 Å². The van der Waals surface area contributed by atoms with Crippen LogP contribution in [0.3, 0.4) is 0 Å². The standard InChI is InChI=1S/C11H15N4O8P/c1-14-3-13-9-6(10(14)18)12-4-15(9)11-8(17)7(16)5(23-11)2-22-24(19,20)21/h3-5,7-8,11,16-17H,2H2,1H3,(H2,19,20,21)/t5-,7-,8-,11-/m1/s1. The summed E-state index contributed by atoms with van der Waals surface area (Å²) in [5.41, 5.74) is -0.195. The van der Waals surface area contributed by atoms with Crippen molar-refractivity contribution in [1.29, 1.82) is 0 Å². The summed E-state index contributed by atoms with van der Waals surface area (Å²) in [5, 5.41) is 20.1. The average molecular weight is 362 g/mol. The van der Waals surface area contributed by atoms with Crippen molar-refractivity contribution < 1.29 is 33.8 Å². The molecule has 3 rings (SSSR count). The number of fused-ring (bicyclic) bond motifs is 1. The number of imidazole rings is 1. The maximum atomic E-state index is 12.0. The summed E-state index contributed by atoms with van der Waals surface area (Å²) >= 11 is 0. The van der Waals surface area contributed by atoms with E-state index in [1.54, 1.807) is 0 Å². The number of phosphoric ester groups is 1. The average Bonchev–Trinajstić information content (AvgIpc) is 3.04. The van der Waals surface area contributed by atoms with Gasteiger partial charge in [0.15, 0.2) is 17.4 Å². The quantitative estimate of drug-likeness (QED) is 0.440. The number of rotatable bonds is 4. The van der Waals surface area contributed by atoms with E-state index in [9.17, 15) is 19.6 Å². The highest BCUT2D eigenvalue weighted by atomic mass is 31.2. The lowest BCUT2D eigenvalue weighted by molar-refractivity contribution is -0.0504. The fraction of sp³-hybridized carbons (Fsp3) is 0.545. The Morgan fingerprint density at radius 3 is 2.67 bits per heavy atom. The molecule has 1 aliphatic rings. The number of phosphoric acid groups is 1.